The van der Waals surface area contributed by atoms with Gasteiger partial charge in [0, 0.05) is 12.4 Å². The molecule has 110 valence electrons. The molecule has 6 heteroatoms. The lowest BCUT2D eigenvalue weighted by Crippen LogP contribution is -2.24. The number of carbonyl (C=O) groups is 2. The maximum atomic E-state index is 12.2. The summed E-state index contributed by atoms with van der Waals surface area (Å²) in [6, 6.07) is 4.77. The van der Waals surface area contributed by atoms with Gasteiger partial charge in [0.15, 0.2) is 0 Å². The highest BCUT2D eigenvalue weighted by Gasteiger charge is 2.18. The Kier molecular flexibility index (Phi) is 4.37. The summed E-state index contributed by atoms with van der Waals surface area (Å²) in [6.45, 7) is 3.62. The third kappa shape index (κ3) is 3.28. The molecular formula is C15H17N3O3. The van der Waals surface area contributed by atoms with E-state index in [1.807, 2.05) is 13.0 Å². The molecule has 1 N–H and O–H groups in total. The lowest BCUT2D eigenvalue weighted by molar-refractivity contribution is -0.118. The van der Waals surface area contributed by atoms with Crippen molar-refractivity contribution in [3.8, 4) is 0 Å². The molecule has 1 unspecified atom stereocenters. The van der Waals surface area contributed by atoms with Crippen molar-refractivity contribution in [3.63, 3.8) is 0 Å². The zero-order chi connectivity index (χ0) is 15.4. The fourth-order valence-electron chi connectivity index (χ4n) is 1.92. The minimum absolute atomic E-state index is 0.234. The van der Waals surface area contributed by atoms with Crippen LogP contribution >= 0.6 is 0 Å². The van der Waals surface area contributed by atoms with Gasteiger partial charge < -0.3 is 14.6 Å². The van der Waals surface area contributed by atoms with Crippen LogP contribution in [-0.2, 0) is 9.53 Å². The molecule has 0 radical (unpaired) electrons. The average Bonchev–Trinajstić information content (AvgIpc) is 3.01. The smallest absolute Gasteiger partial charge is 0.339 e. The molecule has 1 amide bonds. The largest absolute Gasteiger partial charge is 0.465 e. The molecular weight excluding hydrogens is 270 g/mol. The van der Waals surface area contributed by atoms with E-state index >= 15 is 0 Å². The predicted octanol–water partition coefficient (Wildman–Crippen LogP) is 2.18. The number of carbonyl (C=O) groups excluding carboxylic acids is 2. The number of nitrogens with zero attached hydrogens (tertiary/aromatic N) is 2. The van der Waals surface area contributed by atoms with Crippen LogP contribution in [0.2, 0.25) is 0 Å². The number of hydrogen-bond acceptors (Lipinski definition) is 4. The van der Waals surface area contributed by atoms with Gasteiger partial charge in [0.05, 0.1) is 24.7 Å². The maximum absolute atomic E-state index is 12.2. The summed E-state index contributed by atoms with van der Waals surface area (Å²) in [5.74, 6) is -0.716. The normalized spacial score (nSPS) is 11.8. The maximum Gasteiger partial charge on any atom is 0.339 e. The summed E-state index contributed by atoms with van der Waals surface area (Å²) < 4.78 is 6.42. The van der Waals surface area contributed by atoms with Gasteiger partial charge in [-0.15, -0.1) is 0 Å². The van der Waals surface area contributed by atoms with Crippen LogP contribution in [0.15, 0.2) is 36.9 Å². The molecule has 2 rings (SSSR count). The number of amides is 1. The molecule has 0 fully saturated rings. The van der Waals surface area contributed by atoms with Crippen molar-refractivity contribution >= 4 is 17.6 Å². The van der Waals surface area contributed by atoms with E-state index in [9.17, 15) is 9.59 Å². The van der Waals surface area contributed by atoms with Gasteiger partial charge in [0.1, 0.15) is 6.04 Å². The van der Waals surface area contributed by atoms with E-state index in [0.717, 1.165) is 5.56 Å². The van der Waals surface area contributed by atoms with Crippen LogP contribution in [0.4, 0.5) is 5.69 Å². The van der Waals surface area contributed by atoms with E-state index in [2.05, 4.69) is 10.3 Å². The van der Waals surface area contributed by atoms with Crippen molar-refractivity contribution in [1.82, 2.24) is 9.55 Å². The second-order valence-electron chi connectivity index (χ2n) is 4.72. The number of methoxy groups -OCH3 is 1. The molecule has 2 aromatic rings. The third-order valence-electron chi connectivity index (χ3n) is 3.19. The van der Waals surface area contributed by atoms with Gasteiger partial charge in [0.25, 0.3) is 0 Å². The third-order valence-corrected chi connectivity index (χ3v) is 3.19. The van der Waals surface area contributed by atoms with Crippen LogP contribution < -0.4 is 5.32 Å². The number of anilines is 1. The predicted molar refractivity (Wildman–Crippen MR) is 78.1 cm³/mol. The zero-order valence-corrected chi connectivity index (χ0v) is 12.2. The van der Waals surface area contributed by atoms with Crippen LogP contribution in [0.1, 0.15) is 28.9 Å². The summed E-state index contributed by atoms with van der Waals surface area (Å²) in [7, 11) is 1.31. The van der Waals surface area contributed by atoms with Gasteiger partial charge in [-0.1, -0.05) is 11.6 Å². The molecule has 0 bridgehead atoms. The summed E-state index contributed by atoms with van der Waals surface area (Å²) in [4.78, 5) is 27.9. The van der Waals surface area contributed by atoms with Crippen molar-refractivity contribution in [3.05, 3.63) is 48.0 Å². The molecule has 0 saturated carbocycles. The standard InChI is InChI=1S/C15H17N3O3/c1-10-4-5-13(12(8-10)15(20)21-3)17-14(19)11(2)18-7-6-16-9-18/h4-9,11H,1-3H3,(H,17,19). The first-order valence-electron chi connectivity index (χ1n) is 6.50. The Morgan fingerprint density at radius 3 is 2.76 bits per heavy atom. The van der Waals surface area contributed by atoms with Gasteiger partial charge in [-0.25, -0.2) is 9.78 Å². The fourth-order valence-corrected chi connectivity index (χ4v) is 1.92. The Bertz CT molecular complexity index is 650. The molecule has 0 aliphatic heterocycles. The van der Waals surface area contributed by atoms with Crippen LogP contribution in [0.25, 0.3) is 0 Å². The quantitative estimate of drug-likeness (QED) is 0.875. The van der Waals surface area contributed by atoms with Crippen LogP contribution in [0.5, 0.6) is 0 Å². The number of rotatable bonds is 4. The Hall–Kier alpha value is -2.63. The van der Waals surface area contributed by atoms with E-state index in [4.69, 9.17) is 4.74 Å². The molecule has 0 aliphatic carbocycles. The van der Waals surface area contributed by atoms with Crippen LogP contribution in [-0.4, -0.2) is 28.5 Å². The number of hydrogen-bond donors (Lipinski definition) is 1. The first-order chi connectivity index (χ1) is 10.0. The Labute approximate surface area is 122 Å². The van der Waals surface area contributed by atoms with Gasteiger partial charge >= 0.3 is 5.97 Å². The number of benzene rings is 1. The van der Waals surface area contributed by atoms with E-state index in [0.29, 0.717) is 11.3 Å². The lowest BCUT2D eigenvalue weighted by atomic mass is 10.1. The van der Waals surface area contributed by atoms with Gasteiger partial charge in [-0.2, -0.15) is 0 Å². The van der Waals surface area contributed by atoms with E-state index in [-0.39, 0.29) is 5.91 Å². The first-order valence-corrected chi connectivity index (χ1v) is 6.50. The number of nitrogens with one attached hydrogen (secondary N) is 1. The molecule has 1 heterocycles. The van der Waals surface area contributed by atoms with Crippen molar-refractivity contribution in [2.75, 3.05) is 12.4 Å². The second kappa shape index (κ2) is 6.21. The zero-order valence-electron chi connectivity index (χ0n) is 12.2. The van der Waals surface area contributed by atoms with Gasteiger partial charge in [-0.3, -0.25) is 4.79 Å². The Morgan fingerprint density at radius 2 is 2.14 bits per heavy atom. The lowest BCUT2D eigenvalue weighted by Gasteiger charge is -2.15. The van der Waals surface area contributed by atoms with E-state index in [1.165, 1.54) is 7.11 Å². The van der Waals surface area contributed by atoms with Crippen molar-refractivity contribution < 1.29 is 14.3 Å². The molecule has 1 atom stereocenters. The van der Waals surface area contributed by atoms with E-state index < -0.39 is 12.0 Å². The highest BCUT2D eigenvalue weighted by atomic mass is 16.5. The monoisotopic (exact) mass is 287 g/mol. The van der Waals surface area contributed by atoms with Crippen molar-refractivity contribution in [2.24, 2.45) is 0 Å². The minimum Gasteiger partial charge on any atom is -0.465 e. The molecule has 0 saturated heterocycles. The Morgan fingerprint density at radius 1 is 1.38 bits per heavy atom. The van der Waals surface area contributed by atoms with Crippen LogP contribution in [0, 0.1) is 6.92 Å². The Balaban J connectivity index is 2.23. The number of aromatic nitrogens is 2. The van der Waals surface area contributed by atoms with Crippen LogP contribution in [0.3, 0.4) is 0 Å². The summed E-state index contributed by atoms with van der Waals surface area (Å²) in [5.41, 5.74) is 1.68. The molecule has 21 heavy (non-hydrogen) atoms. The number of aryl methyl sites for hydroxylation is 1. The molecule has 1 aromatic heterocycles. The number of esters is 1. The SMILES string of the molecule is COC(=O)c1cc(C)ccc1NC(=O)C(C)n1ccnc1. The van der Waals surface area contributed by atoms with Gasteiger partial charge in [-0.05, 0) is 26.0 Å². The summed E-state index contributed by atoms with van der Waals surface area (Å²) in [6.07, 6.45) is 4.89. The van der Waals surface area contributed by atoms with Crippen molar-refractivity contribution in [1.29, 1.82) is 0 Å². The van der Waals surface area contributed by atoms with Crippen molar-refractivity contribution in [2.45, 2.75) is 19.9 Å². The summed E-state index contributed by atoms with van der Waals surface area (Å²) >= 11 is 0. The fraction of sp³-hybridized carbons (Fsp3) is 0.267. The molecule has 6 nitrogen and oxygen atoms in total. The molecule has 0 aliphatic rings. The topological polar surface area (TPSA) is 73.2 Å². The molecule has 0 spiro atoms. The molecule has 1 aromatic carbocycles. The van der Waals surface area contributed by atoms with E-state index in [1.54, 1.807) is 42.3 Å². The summed E-state index contributed by atoms with van der Waals surface area (Å²) in [5, 5.41) is 2.75. The number of imidazole rings is 1. The minimum atomic E-state index is -0.482. The highest BCUT2D eigenvalue weighted by Crippen LogP contribution is 2.20. The first kappa shape index (κ1) is 14.8. The highest BCUT2D eigenvalue weighted by molar-refractivity contribution is 6.02. The van der Waals surface area contributed by atoms with Gasteiger partial charge in [0.2, 0.25) is 5.91 Å². The average molecular weight is 287 g/mol. The number of ether oxygens (including phenoxy) is 1. The second-order valence-corrected chi connectivity index (χ2v) is 4.72.